The van der Waals surface area contributed by atoms with Crippen molar-refractivity contribution in [3.63, 3.8) is 0 Å². The Hall–Kier alpha value is -1.90. The normalized spacial score (nSPS) is 10.5. The average Bonchev–Trinajstić information content (AvgIpc) is 2.47. The first-order chi connectivity index (χ1) is 9.81. The summed E-state index contributed by atoms with van der Waals surface area (Å²) in [5.41, 5.74) is 2.48. The fourth-order valence-electron chi connectivity index (χ4n) is 2.22. The molecule has 0 saturated heterocycles. The summed E-state index contributed by atoms with van der Waals surface area (Å²) in [6.45, 7) is 5.16. The number of anilines is 1. The minimum absolute atomic E-state index is 0.889. The molecule has 0 aliphatic heterocycles. The fraction of sp³-hybridized carbons (Fsp3) is 0.412. The number of nitrogens with zero attached hydrogens (tertiary/aromatic N) is 2. The number of aromatic nitrogens is 2. The standard InChI is InChI=1S/C17H23N3/c1-3-8-15-13-17(18-4-2)20-16(19-15)12-11-14-9-6-5-7-10-14/h5-7,9-10,13H,3-4,8,11-12H2,1-2H3,(H,18,19,20). The van der Waals surface area contributed by atoms with Crippen LogP contribution in [-0.4, -0.2) is 16.5 Å². The lowest BCUT2D eigenvalue weighted by Crippen LogP contribution is -2.07. The molecule has 3 nitrogen and oxygen atoms in total. The van der Waals surface area contributed by atoms with Crippen LogP contribution in [0, 0.1) is 0 Å². The van der Waals surface area contributed by atoms with E-state index in [9.17, 15) is 0 Å². The summed E-state index contributed by atoms with van der Waals surface area (Å²) in [5, 5.41) is 3.29. The van der Waals surface area contributed by atoms with Gasteiger partial charge in [-0.3, -0.25) is 0 Å². The Morgan fingerprint density at radius 1 is 0.950 bits per heavy atom. The Labute approximate surface area is 121 Å². The van der Waals surface area contributed by atoms with E-state index in [1.807, 2.05) is 6.07 Å². The van der Waals surface area contributed by atoms with Gasteiger partial charge in [-0.2, -0.15) is 0 Å². The number of hydrogen-bond acceptors (Lipinski definition) is 3. The average molecular weight is 269 g/mol. The SMILES string of the molecule is CCCc1cc(NCC)nc(CCc2ccccc2)n1. The minimum atomic E-state index is 0.889. The Bertz CT molecular complexity index is 499. The quantitative estimate of drug-likeness (QED) is 0.833. The molecule has 0 aliphatic rings. The van der Waals surface area contributed by atoms with Gasteiger partial charge in [-0.05, 0) is 25.3 Å². The zero-order valence-electron chi connectivity index (χ0n) is 12.4. The maximum atomic E-state index is 4.67. The molecule has 0 atom stereocenters. The van der Waals surface area contributed by atoms with Crippen LogP contribution in [-0.2, 0) is 19.3 Å². The summed E-state index contributed by atoms with van der Waals surface area (Å²) >= 11 is 0. The third-order valence-electron chi connectivity index (χ3n) is 3.17. The van der Waals surface area contributed by atoms with Crippen LogP contribution in [0.5, 0.6) is 0 Å². The molecule has 3 heteroatoms. The smallest absolute Gasteiger partial charge is 0.131 e. The molecule has 1 aromatic heterocycles. The molecular weight excluding hydrogens is 246 g/mol. The summed E-state index contributed by atoms with van der Waals surface area (Å²) < 4.78 is 0. The maximum absolute atomic E-state index is 4.67. The van der Waals surface area contributed by atoms with Crippen LogP contribution in [0.25, 0.3) is 0 Å². The number of hydrogen-bond donors (Lipinski definition) is 1. The van der Waals surface area contributed by atoms with Gasteiger partial charge in [-0.25, -0.2) is 9.97 Å². The van der Waals surface area contributed by atoms with Gasteiger partial charge in [-0.15, -0.1) is 0 Å². The zero-order valence-corrected chi connectivity index (χ0v) is 12.4. The molecule has 0 bridgehead atoms. The van der Waals surface area contributed by atoms with Crippen molar-refractivity contribution in [2.75, 3.05) is 11.9 Å². The van der Waals surface area contributed by atoms with Crippen molar-refractivity contribution < 1.29 is 0 Å². The van der Waals surface area contributed by atoms with E-state index < -0.39 is 0 Å². The highest BCUT2D eigenvalue weighted by Crippen LogP contribution is 2.11. The van der Waals surface area contributed by atoms with E-state index in [4.69, 9.17) is 0 Å². The Morgan fingerprint density at radius 3 is 2.45 bits per heavy atom. The van der Waals surface area contributed by atoms with Gasteiger partial charge in [0.1, 0.15) is 11.6 Å². The van der Waals surface area contributed by atoms with Gasteiger partial charge in [0.2, 0.25) is 0 Å². The summed E-state index contributed by atoms with van der Waals surface area (Å²) in [6.07, 6.45) is 4.00. The van der Waals surface area contributed by atoms with Crippen LogP contribution in [0.2, 0.25) is 0 Å². The molecule has 0 amide bonds. The summed E-state index contributed by atoms with van der Waals surface area (Å²) in [7, 11) is 0. The molecule has 1 N–H and O–H groups in total. The molecule has 0 radical (unpaired) electrons. The van der Waals surface area contributed by atoms with E-state index in [2.05, 4.69) is 59.5 Å². The van der Waals surface area contributed by atoms with Crippen LogP contribution < -0.4 is 5.32 Å². The van der Waals surface area contributed by atoms with Crippen molar-refractivity contribution >= 4 is 5.82 Å². The van der Waals surface area contributed by atoms with Crippen LogP contribution in [0.1, 0.15) is 37.4 Å². The minimum Gasteiger partial charge on any atom is -0.370 e. The van der Waals surface area contributed by atoms with Crippen LogP contribution in [0.4, 0.5) is 5.82 Å². The van der Waals surface area contributed by atoms with Crippen molar-refractivity contribution in [1.82, 2.24) is 9.97 Å². The Kier molecular flexibility index (Phi) is 5.54. The third-order valence-corrected chi connectivity index (χ3v) is 3.17. The fourth-order valence-corrected chi connectivity index (χ4v) is 2.22. The van der Waals surface area contributed by atoms with Crippen molar-refractivity contribution in [2.24, 2.45) is 0 Å². The highest BCUT2D eigenvalue weighted by molar-refractivity contribution is 5.36. The van der Waals surface area contributed by atoms with E-state index in [1.165, 1.54) is 5.56 Å². The first-order valence-electron chi connectivity index (χ1n) is 7.46. The molecule has 0 aliphatic carbocycles. The number of nitrogens with one attached hydrogen (secondary N) is 1. The van der Waals surface area contributed by atoms with Crippen molar-refractivity contribution in [3.05, 3.63) is 53.5 Å². The van der Waals surface area contributed by atoms with Gasteiger partial charge in [0.25, 0.3) is 0 Å². The predicted octanol–water partition coefficient (Wildman–Crippen LogP) is 3.65. The largest absolute Gasteiger partial charge is 0.370 e. The number of rotatable bonds is 7. The first-order valence-corrected chi connectivity index (χ1v) is 7.46. The van der Waals surface area contributed by atoms with Gasteiger partial charge in [-0.1, -0.05) is 43.7 Å². The molecule has 0 unspecified atom stereocenters. The molecule has 20 heavy (non-hydrogen) atoms. The molecule has 1 heterocycles. The number of aryl methyl sites for hydroxylation is 3. The second-order valence-corrected chi connectivity index (χ2v) is 4.93. The van der Waals surface area contributed by atoms with Crippen molar-refractivity contribution in [3.8, 4) is 0 Å². The Morgan fingerprint density at radius 2 is 1.75 bits per heavy atom. The molecule has 2 aromatic rings. The lowest BCUT2D eigenvalue weighted by Gasteiger charge is -2.08. The van der Waals surface area contributed by atoms with Gasteiger partial charge in [0.05, 0.1) is 0 Å². The lowest BCUT2D eigenvalue weighted by atomic mass is 10.1. The lowest BCUT2D eigenvalue weighted by molar-refractivity contribution is 0.806. The molecule has 0 saturated carbocycles. The molecule has 106 valence electrons. The highest BCUT2D eigenvalue weighted by atomic mass is 15.0. The Balaban J connectivity index is 2.09. The second-order valence-electron chi connectivity index (χ2n) is 4.93. The van der Waals surface area contributed by atoms with Gasteiger partial charge in [0, 0.05) is 24.7 Å². The molecule has 1 aromatic carbocycles. The van der Waals surface area contributed by atoms with E-state index in [0.29, 0.717) is 0 Å². The maximum Gasteiger partial charge on any atom is 0.131 e. The molecule has 0 spiro atoms. The summed E-state index contributed by atoms with van der Waals surface area (Å²) in [6, 6.07) is 12.6. The zero-order chi connectivity index (χ0) is 14.2. The first kappa shape index (κ1) is 14.5. The van der Waals surface area contributed by atoms with E-state index in [0.717, 1.165) is 49.6 Å². The van der Waals surface area contributed by atoms with Crippen LogP contribution in [0.3, 0.4) is 0 Å². The second kappa shape index (κ2) is 7.63. The third kappa shape index (κ3) is 4.34. The van der Waals surface area contributed by atoms with E-state index in [-0.39, 0.29) is 0 Å². The van der Waals surface area contributed by atoms with E-state index in [1.54, 1.807) is 0 Å². The van der Waals surface area contributed by atoms with Crippen molar-refractivity contribution in [1.29, 1.82) is 0 Å². The monoisotopic (exact) mass is 269 g/mol. The van der Waals surface area contributed by atoms with Gasteiger partial charge < -0.3 is 5.32 Å². The van der Waals surface area contributed by atoms with Gasteiger partial charge in [0.15, 0.2) is 0 Å². The number of benzene rings is 1. The van der Waals surface area contributed by atoms with Crippen molar-refractivity contribution in [2.45, 2.75) is 39.5 Å². The molecule has 2 rings (SSSR count). The molecular formula is C17H23N3. The predicted molar refractivity (Wildman–Crippen MR) is 84.0 cm³/mol. The summed E-state index contributed by atoms with van der Waals surface area (Å²) in [4.78, 5) is 9.27. The van der Waals surface area contributed by atoms with E-state index >= 15 is 0 Å². The topological polar surface area (TPSA) is 37.8 Å². The highest BCUT2D eigenvalue weighted by Gasteiger charge is 2.04. The van der Waals surface area contributed by atoms with Gasteiger partial charge >= 0.3 is 0 Å². The van der Waals surface area contributed by atoms with Crippen LogP contribution >= 0.6 is 0 Å². The van der Waals surface area contributed by atoms with Crippen LogP contribution in [0.15, 0.2) is 36.4 Å². The molecule has 0 fully saturated rings. The summed E-state index contributed by atoms with van der Waals surface area (Å²) in [5.74, 6) is 1.89.